The first kappa shape index (κ1) is 12.2. The van der Waals surface area contributed by atoms with Crippen LogP contribution in [-0.2, 0) is 9.59 Å². The van der Waals surface area contributed by atoms with Gasteiger partial charge < -0.3 is 10.0 Å². The lowest BCUT2D eigenvalue weighted by Crippen LogP contribution is -2.38. The molecule has 15 heavy (non-hydrogen) atoms. The van der Waals surface area contributed by atoms with Crippen LogP contribution in [0.25, 0.3) is 0 Å². The zero-order valence-corrected chi connectivity index (χ0v) is 9.45. The molecule has 0 aromatic carbocycles. The van der Waals surface area contributed by atoms with Crippen molar-refractivity contribution in [2.75, 3.05) is 20.6 Å². The number of carbonyl (C=O) groups is 2. The molecule has 0 aliphatic heterocycles. The predicted octanol–water partition coefficient (Wildman–Crippen LogP) is 1.15. The topological polar surface area (TPSA) is 57.6 Å². The van der Waals surface area contributed by atoms with Gasteiger partial charge in [-0.1, -0.05) is 0 Å². The molecule has 1 N–H and O–H groups in total. The van der Waals surface area contributed by atoms with Gasteiger partial charge in [0.2, 0.25) is 0 Å². The number of aliphatic carboxylic acids is 1. The molecular weight excluding hydrogens is 194 g/mol. The van der Waals surface area contributed by atoms with Gasteiger partial charge in [-0.2, -0.15) is 0 Å². The third-order valence-electron chi connectivity index (χ3n) is 3.26. The molecule has 1 aliphatic rings. The molecule has 1 fully saturated rings. The van der Waals surface area contributed by atoms with Crippen molar-refractivity contribution in [2.45, 2.75) is 32.1 Å². The molecule has 4 nitrogen and oxygen atoms in total. The molecule has 1 aliphatic carbocycles. The van der Waals surface area contributed by atoms with E-state index in [1.807, 2.05) is 19.0 Å². The Hall–Kier alpha value is -0.900. The maximum Gasteiger partial charge on any atom is 0.309 e. The summed E-state index contributed by atoms with van der Waals surface area (Å²) in [5.74, 6) is -0.534. The number of ketones is 1. The molecular formula is C11H19NO3. The van der Waals surface area contributed by atoms with E-state index in [9.17, 15) is 14.7 Å². The fourth-order valence-electron chi connectivity index (χ4n) is 2.02. The summed E-state index contributed by atoms with van der Waals surface area (Å²) in [7, 11) is 3.87. The summed E-state index contributed by atoms with van der Waals surface area (Å²) in [5.41, 5.74) is -0.655. The number of Topliss-reactive ketones (excluding diaryl/α,β-unsaturated/α-hetero) is 1. The van der Waals surface area contributed by atoms with Gasteiger partial charge in [0.25, 0.3) is 0 Å². The molecule has 1 rings (SSSR count). The highest BCUT2D eigenvalue weighted by Gasteiger charge is 2.41. The van der Waals surface area contributed by atoms with E-state index < -0.39 is 11.4 Å². The van der Waals surface area contributed by atoms with E-state index in [4.69, 9.17) is 0 Å². The average Bonchev–Trinajstić information content (AvgIpc) is 2.17. The molecule has 1 saturated carbocycles. The molecule has 0 bridgehead atoms. The molecule has 0 aromatic heterocycles. The smallest absolute Gasteiger partial charge is 0.309 e. The standard InChI is InChI=1S/C11H19NO3/c1-12(2)8-7-11(10(14)15)5-3-9(13)4-6-11/h3-8H2,1-2H3,(H,14,15). The Balaban J connectivity index is 2.63. The van der Waals surface area contributed by atoms with Gasteiger partial charge in [-0.25, -0.2) is 0 Å². The van der Waals surface area contributed by atoms with Crippen LogP contribution in [0.4, 0.5) is 0 Å². The van der Waals surface area contributed by atoms with E-state index >= 15 is 0 Å². The van der Waals surface area contributed by atoms with Gasteiger partial charge in [-0.3, -0.25) is 9.59 Å². The van der Waals surface area contributed by atoms with Crippen molar-refractivity contribution >= 4 is 11.8 Å². The average molecular weight is 213 g/mol. The van der Waals surface area contributed by atoms with E-state index in [0.717, 1.165) is 6.54 Å². The summed E-state index contributed by atoms with van der Waals surface area (Å²) in [5, 5.41) is 9.26. The molecule has 4 heteroatoms. The number of carbonyl (C=O) groups excluding carboxylic acids is 1. The lowest BCUT2D eigenvalue weighted by Gasteiger charge is -2.33. The first-order valence-corrected chi connectivity index (χ1v) is 5.36. The highest BCUT2D eigenvalue weighted by atomic mass is 16.4. The quantitative estimate of drug-likeness (QED) is 0.761. The van der Waals surface area contributed by atoms with Crippen LogP contribution in [0.2, 0.25) is 0 Å². The van der Waals surface area contributed by atoms with Crippen molar-refractivity contribution in [3.05, 3.63) is 0 Å². The van der Waals surface area contributed by atoms with Crippen LogP contribution < -0.4 is 0 Å². The van der Waals surface area contributed by atoms with Gasteiger partial charge in [-0.05, 0) is 39.9 Å². The second-order valence-electron chi connectivity index (χ2n) is 4.68. The lowest BCUT2D eigenvalue weighted by atomic mass is 9.71. The number of carboxylic acids is 1. The monoisotopic (exact) mass is 213 g/mol. The van der Waals surface area contributed by atoms with Gasteiger partial charge in [0.05, 0.1) is 5.41 Å². The summed E-state index contributed by atoms with van der Waals surface area (Å²) >= 11 is 0. The Morgan fingerprint density at radius 1 is 1.40 bits per heavy atom. The molecule has 0 atom stereocenters. The normalized spacial score (nSPS) is 20.6. The van der Waals surface area contributed by atoms with Gasteiger partial charge in [0.1, 0.15) is 5.78 Å². The van der Waals surface area contributed by atoms with Crippen molar-refractivity contribution in [1.29, 1.82) is 0 Å². The third kappa shape index (κ3) is 3.02. The van der Waals surface area contributed by atoms with E-state index in [0.29, 0.717) is 32.1 Å². The summed E-state index contributed by atoms with van der Waals surface area (Å²) in [4.78, 5) is 24.4. The van der Waals surface area contributed by atoms with Gasteiger partial charge in [0.15, 0.2) is 0 Å². The van der Waals surface area contributed by atoms with Crippen molar-refractivity contribution < 1.29 is 14.7 Å². The summed E-state index contributed by atoms with van der Waals surface area (Å²) < 4.78 is 0. The van der Waals surface area contributed by atoms with Crippen LogP contribution in [0.1, 0.15) is 32.1 Å². The maximum absolute atomic E-state index is 11.3. The Labute approximate surface area is 90.3 Å². The fourth-order valence-corrected chi connectivity index (χ4v) is 2.02. The molecule has 0 radical (unpaired) electrons. The van der Waals surface area contributed by atoms with Crippen molar-refractivity contribution in [1.82, 2.24) is 4.90 Å². The van der Waals surface area contributed by atoms with E-state index in [2.05, 4.69) is 0 Å². The van der Waals surface area contributed by atoms with E-state index in [1.54, 1.807) is 0 Å². The number of nitrogens with zero attached hydrogens (tertiary/aromatic N) is 1. The van der Waals surface area contributed by atoms with E-state index in [1.165, 1.54) is 0 Å². The van der Waals surface area contributed by atoms with Gasteiger partial charge in [-0.15, -0.1) is 0 Å². The largest absolute Gasteiger partial charge is 0.481 e. The molecule has 0 amide bonds. The second kappa shape index (κ2) is 4.75. The maximum atomic E-state index is 11.3. The molecule has 86 valence electrons. The predicted molar refractivity (Wildman–Crippen MR) is 56.7 cm³/mol. The first-order chi connectivity index (χ1) is 6.96. The Morgan fingerprint density at radius 3 is 2.33 bits per heavy atom. The number of hydrogen-bond donors (Lipinski definition) is 1. The minimum absolute atomic E-state index is 0.205. The highest BCUT2D eigenvalue weighted by molar-refractivity contribution is 5.83. The van der Waals surface area contributed by atoms with E-state index in [-0.39, 0.29) is 5.78 Å². The molecule has 0 saturated heterocycles. The zero-order valence-electron chi connectivity index (χ0n) is 9.45. The Kier molecular flexibility index (Phi) is 3.85. The van der Waals surface area contributed by atoms with Crippen LogP contribution in [0.3, 0.4) is 0 Å². The minimum Gasteiger partial charge on any atom is -0.481 e. The molecule has 0 unspecified atom stereocenters. The van der Waals surface area contributed by atoms with Crippen LogP contribution in [0.15, 0.2) is 0 Å². The van der Waals surface area contributed by atoms with Crippen LogP contribution in [-0.4, -0.2) is 42.4 Å². The first-order valence-electron chi connectivity index (χ1n) is 5.36. The minimum atomic E-state index is -0.739. The van der Waals surface area contributed by atoms with Crippen LogP contribution >= 0.6 is 0 Å². The molecule has 0 heterocycles. The summed E-state index contributed by atoms with van der Waals surface area (Å²) in [6.45, 7) is 0.764. The molecule has 0 aromatic rings. The summed E-state index contributed by atoms with van der Waals surface area (Å²) in [6, 6.07) is 0. The Morgan fingerprint density at radius 2 is 1.93 bits per heavy atom. The van der Waals surface area contributed by atoms with Crippen molar-refractivity contribution in [3.8, 4) is 0 Å². The van der Waals surface area contributed by atoms with Crippen LogP contribution in [0, 0.1) is 5.41 Å². The van der Waals surface area contributed by atoms with Crippen molar-refractivity contribution in [2.24, 2.45) is 5.41 Å². The number of hydrogen-bond acceptors (Lipinski definition) is 3. The zero-order chi connectivity index (χ0) is 11.5. The molecule has 0 spiro atoms. The lowest BCUT2D eigenvalue weighted by molar-refractivity contribution is -0.152. The van der Waals surface area contributed by atoms with Crippen LogP contribution in [0.5, 0.6) is 0 Å². The SMILES string of the molecule is CN(C)CCC1(C(=O)O)CCC(=O)CC1. The number of carboxylic acid groups (broad SMARTS) is 1. The fraction of sp³-hybridized carbons (Fsp3) is 0.818. The third-order valence-corrected chi connectivity index (χ3v) is 3.26. The summed E-state index contributed by atoms with van der Waals surface area (Å²) in [6.07, 6.45) is 2.52. The van der Waals surface area contributed by atoms with Gasteiger partial charge >= 0.3 is 5.97 Å². The second-order valence-corrected chi connectivity index (χ2v) is 4.68. The van der Waals surface area contributed by atoms with Gasteiger partial charge in [0, 0.05) is 12.8 Å². The van der Waals surface area contributed by atoms with Crippen molar-refractivity contribution in [3.63, 3.8) is 0 Å². The highest BCUT2D eigenvalue weighted by Crippen LogP contribution is 2.38. The Bertz CT molecular complexity index is 251. The number of rotatable bonds is 4.